The zero-order chi connectivity index (χ0) is 11.7. The predicted molar refractivity (Wildman–Crippen MR) is 71.8 cm³/mol. The Morgan fingerprint density at radius 1 is 0.882 bits per heavy atom. The van der Waals surface area contributed by atoms with Gasteiger partial charge in [0.2, 0.25) is 0 Å². The molecule has 1 aliphatic heterocycles. The van der Waals surface area contributed by atoms with E-state index in [9.17, 15) is 0 Å². The van der Waals surface area contributed by atoms with Crippen molar-refractivity contribution in [3.63, 3.8) is 0 Å². The molecule has 2 aromatic rings. The molecule has 0 radical (unpaired) electrons. The largest absolute Gasteiger partial charge is 0.267 e. The number of rotatable bonds is 3. The Hall–Kier alpha value is -1.60. The zero-order valence-electron chi connectivity index (χ0n) is 9.31. The van der Waals surface area contributed by atoms with Crippen molar-refractivity contribution < 1.29 is 0 Å². The van der Waals surface area contributed by atoms with Gasteiger partial charge >= 0.3 is 0 Å². The van der Waals surface area contributed by atoms with Crippen LogP contribution in [-0.2, 0) is 5.54 Å². The van der Waals surface area contributed by atoms with Crippen LogP contribution in [0.1, 0.15) is 11.1 Å². The average Bonchev–Trinajstić information content (AvgIpc) is 3.17. The van der Waals surface area contributed by atoms with Crippen molar-refractivity contribution >= 4 is 17.3 Å². The second kappa shape index (κ2) is 4.01. The molecular formula is C15H12ClN. The molecule has 0 aromatic heterocycles. The lowest BCUT2D eigenvalue weighted by atomic mass is 9.92. The molecule has 0 saturated heterocycles. The Morgan fingerprint density at radius 3 is 2.06 bits per heavy atom. The topological polar surface area (TPSA) is 12.4 Å². The molecule has 1 heterocycles. The number of hydrogen-bond donors (Lipinski definition) is 0. The quantitative estimate of drug-likeness (QED) is 0.728. The molecule has 84 valence electrons. The Bertz CT molecular complexity index is 548. The molecule has 1 nitrogen and oxygen atoms in total. The third-order valence-electron chi connectivity index (χ3n) is 3.14. The first kappa shape index (κ1) is 10.5. The maximum atomic E-state index is 6.12. The van der Waals surface area contributed by atoms with Gasteiger partial charge in [0.1, 0.15) is 5.54 Å². The van der Waals surface area contributed by atoms with Crippen LogP contribution >= 0.6 is 11.6 Å². The molecule has 0 spiro atoms. The number of benzene rings is 2. The first-order valence-electron chi connectivity index (χ1n) is 5.64. The zero-order valence-corrected chi connectivity index (χ0v) is 10.1. The summed E-state index contributed by atoms with van der Waals surface area (Å²) in [5.74, 6) is 0.501. The Kier molecular flexibility index (Phi) is 2.49. The normalized spacial score (nSPS) is 22.1. The van der Waals surface area contributed by atoms with Crippen LogP contribution in [0.5, 0.6) is 0 Å². The van der Waals surface area contributed by atoms with Gasteiger partial charge in [0.05, 0.1) is 11.6 Å². The molecule has 1 unspecified atom stereocenters. The van der Waals surface area contributed by atoms with Gasteiger partial charge in [-0.1, -0.05) is 60.7 Å². The van der Waals surface area contributed by atoms with E-state index < -0.39 is 0 Å². The van der Waals surface area contributed by atoms with Gasteiger partial charge in [0.15, 0.2) is 0 Å². The Balaban J connectivity index is 1.96. The fraction of sp³-hybridized carbons (Fsp3) is 0.133. The van der Waals surface area contributed by atoms with Crippen LogP contribution in [0.2, 0.25) is 0 Å². The van der Waals surface area contributed by atoms with E-state index >= 15 is 0 Å². The van der Waals surface area contributed by atoms with Crippen molar-refractivity contribution in [3.05, 3.63) is 71.8 Å². The van der Waals surface area contributed by atoms with E-state index in [0.717, 1.165) is 11.3 Å². The maximum Gasteiger partial charge on any atom is 0.141 e. The monoisotopic (exact) mass is 241 g/mol. The highest BCUT2D eigenvalue weighted by molar-refractivity contribution is 6.27. The lowest BCUT2D eigenvalue weighted by molar-refractivity contribution is 0.813. The summed E-state index contributed by atoms with van der Waals surface area (Å²) in [5.41, 5.74) is 3.15. The minimum absolute atomic E-state index is 0.288. The van der Waals surface area contributed by atoms with Gasteiger partial charge in [0, 0.05) is 0 Å². The number of hydrogen-bond acceptors (Lipinski definition) is 1. The van der Waals surface area contributed by atoms with E-state index in [1.54, 1.807) is 0 Å². The molecule has 0 amide bonds. The van der Waals surface area contributed by atoms with E-state index in [2.05, 4.69) is 29.3 Å². The lowest BCUT2D eigenvalue weighted by Crippen LogP contribution is -2.19. The Labute approximate surface area is 106 Å². The van der Waals surface area contributed by atoms with Crippen LogP contribution < -0.4 is 0 Å². The molecule has 0 N–H and O–H groups in total. The van der Waals surface area contributed by atoms with Crippen molar-refractivity contribution in [1.82, 2.24) is 0 Å². The predicted octanol–water partition coefficient (Wildman–Crippen LogP) is 3.62. The number of halogens is 1. The van der Waals surface area contributed by atoms with E-state index in [1.165, 1.54) is 5.56 Å². The van der Waals surface area contributed by atoms with Crippen LogP contribution in [0.3, 0.4) is 0 Å². The highest BCUT2D eigenvalue weighted by atomic mass is 35.5. The highest BCUT2D eigenvalue weighted by Gasteiger charge is 2.48. The first-order chi connectivity index (χ1) is 8.37. The fourth-order valence-corrected chi connectivity index (χ4v) is 2.49. The van der Waals surface area contributed by atoms with Crippen LogP contribution in [0.25, 0.3) is 0 Å². The molecule has 17 heavy (non-hydrogen) atoms. The molecule has 1 atom stereocenters. The molecule has 3 rings (SSSR count). The van der Waals surface area contributed by atoms with Crippen molar-refractivity contribution in [2.45, 2.75) is 5.54 Å². The minimum Gasteiger partial charge on any atom is -0.267 e. The second-order valence-corrected chi connectivity index (χ2v) is 4.45. The van der Waals surface area contributed by atoms with Crippen molar-refractivity contribution in [1.29, 1.82) is 0 Å². The van der Waals surface area contributed by atoms with Gasteiger partial charge in [0.25, 0.3) is 0 Å². The first-order valence-corrected chi connectivity index (χ1v) is 6.17. The van der Waals surface area contributed by atoms with Gasteiger partial charge in [-0.2, -0.15) is 0 Å². The van der Waals surface area contributed by atoms with Crippen LogP contribution in [0, 0.1) is 0 Å². The van der Waals surface area contributed by atoms with Crippen LogP contribution in [0.4, 0.5) is 0 Å². The number of alkyl halides is 1. The highest BCUT2D eigenvalue weighted by Crippen LogP contribution is 2.43. The van der Waals surface area contributed by atoms with E-state index in [4.69, 9.17) is 11.6 Å². The third-order valence-corrected chi connectivity index (χ3v) is 3.52. The molecule has 2 aromatic carbocycles. The smallest absolute Gasteiger partial charge is 0.141 e. The van der Waals surface area contributed by atoms with Gasteiger partial charge in [-0.3, -0.25) is 4.99 Å². The average molecular weight is 242 g/mol. The molecule has 0 aliphatic carbocycles. The summed E-state index contributed by atoms with van der Waals surface area (Å²) in [7, 11) is 0. The molecule has 0 fully saturated rings. The summed E-state index contributed by atoms with van der Waals surface area (Å²) in [6, 6.07) is 20.5. The summed E-state index contributed by atoms with van der Waals surface area (Å²) >= 11 is 6.12. The standard InChI is InChI=1S/C15H12ClN/c16-11-15(13-9-5-2-6-10-13)14(17-15)12-7-3-1-4-8-12/h1-10H,11H2. The van der Waals surface area contributed by atoms with Gasteiger partial charge < -0.3 is 0 Å². The molecule has 2 heteroatoms. The molecular weight excluding hydrogens is 230 g/mol. The minimum atomic E-state index is -0.288. The van der Waals surface area contributed by atoms with Crippen molar-refractivity contribution in [2.75, 3.05) is 5.88 Å². The summed E-state index contributed by atoms with van der Waals surface area (Å²) < 4.78 is 0. The van der Waals surface area contributed by atoms with Crippen LogP contribution in [0.15, 0.2) is 65.7 Å². The second-order valence-electron chi connectivity index (χ2n) is 4.19. The van der Waals surface area contributed by atoms with E-state index in [1.807, 2.05) is 36.4 Å². The summed E-state index contributed by atoms with van der Waals surface area (Å²) in [5, 5.41) is 0. The summed E-state index contributed by atoms with van der Waals surface area (Å²) in [4.78, 5) is 4.63. The summed E-state index contributed by atoms with van der Waals surface area (Å²) in [6.07, 6.45) is 0. The Morgan fingerprint density at radius 2 is 1.47 bits per heavy atom. The van der Waals surface area contributed by atoms with Crippen molar-refractivity contribution in [3.8, 4) is 0 Å². The number of nitrogens with zero attached hydrogens (tertiary/aromatic N) is 1. The third kappa shape index (κ3) is 1.67. The molecule has 0 bridgehead atoms. The van der Waals surface area contributed by atoms with Crippen molar-refractivity contribution in [2.24, 2.45) is 4.99 Å². The van der Waals surface area contributed by atoms with Crippen LogP contribution in [-0.4, -0.2) is 11.6 Å². The summed E-state index contributed by atoms with van der Waals surface area (Å²) in [6.45, 7) is 0. The fourth-order valence-electron chi connectivity index (χ4n) is 2.15. The maximum absolute atomic E-state index is 6.12. The van der Waals surface area contributed by atoms with E-state index in [-0.39, 0.29) is 5.54 Å². The molecule has 0 saturated carbocycles. The van der Waals surface area contributed by atoms with Gasteiger partial charge in [-0.25, -0.2) is 0 Å². The van der Waals surface area contributed by atoms with Gasteiger partial charge in [-0.15, -0.1) is 11.6 Å². The molecule has 1 aliphatic rings. The lowest BCUT2D eigenvalue weighted by Gasteiger charge is -2.12. The van der Waals surface area contributed by atoms with E-state index in [0.29, 0.717) is 5.88 Å². The SMILES string of the molecule is ClCC1(c2ccccc2)N=C1c1ccccc1. The van der Waals surface area contributed by atoms with Gasteiger partial charge in [-0.05, 0) is 11.1 Å². The number of aliphatic imine (C=N–C) groups is 1.